The fraction of sp³-hybridized carbons (Fsp3) is 0.269. The molecule has 2 aromatic heterocycles. The molecule has 3 heterocycles. The largest absolute Gasteiger partial charge is 0.352 e. The van der Waals surface area contributed by atoms with Gasteiger partial charge >= 0.3 is 0 Å². The van der Waals surface area contributed by atoms with Crippen LogP contribution in [0.1, 0.15) is 32.2 Å². The first-order chi connectivity index (χ1) is 16.0. The van der Waals surface area contributed by atoms with Gasteiger partial charge in [0.25, 0.3) is 5.91 Å². The third kappa shape index (κ3) is 4.33. The Morgan fingerprint density at radius 1 is 1.00 bits per heavy atom. The quantitative estimate of drug-likeness (QED) is 0.430. The molecule has 0 bridgehead atoms. The molecule has 0 saturated carbocycles. The Kier molecular flexibility index (Phi) is 5.81. The van der Waals surface area contributed by atoms with Gasteiger partial charge in [-0.1, -0.05) is 36.4 Å². The maximum Gasteiger partial charge on any atom is 0.254 e. The summed E-state index contributed by atoms with van der Waals surface area (Å²) in [5.41, 5.74) is 2.79. The topological polar surface area (TPSA) is 49.3 Å². The van der Waals surface area contributed by atoms with E-state index in [-0.39, 0.29) is 5.91 Å². The van der Waals surface area contributed by atoms with Gasteiger partial charge in [-0.3, -0.25) is 4.79 Å². The van der Waals surface area contributed by atoms with Gasteiger partial charge in [0, 0.05) is 43.0 Å². The van der Waals surface area contributed by atoms with Gasteiger partial charge in [0.2, 0.25) is 0 Å². The summed E-state index contributed by atoms with van der Waals surface area (Å²) in [5, 5.41) is 1.11. The summed E-state index contributed by atoms with van der Waals surface area (Å²) in [4.78, 5) is 29.0. The molecule has 1 fully saturated rings. The maximum absolute atomic E-state index is 13.6. The van der Waals surface area contributed by atoms with Crippen LogP contribution in [0.5, 0.6) is 0 Å². The zero-order chi connectivity index (χ0) is 22.9. The van der Waals surface area contributed by atoms with E-state index in [2.05, 4.69) is 30.9 Å². The van der Waals surface area contributed by atoms with E-state index in [0.29, 0.717) is 38.2 Å². The number of piperazine rings is 1. The number of nitrogens with zero attached hydrogens (tertiary/aromatic N) is 4. The fourth-order valence-electron chi connectivity index (χ4n) is 4.28. The van der Waals surface area contributed by atoms with Crippen LogP contribution in [0.15, 0.2) is 54.6 Å². The second kappa shape index (κ2) is 8.90. The molecular formula is C26H25FN4OS. The number of anilines is 1. The third-order valence-electron chi connectivity index (χ3n) is 6.20. The summed E-state index contributed by atoms with van der Waals surface area (Å²) >= 11 is 1.71. The van der Waals surface area contributed by atoms with Gasteiger partial charge in [0.05, 0.1) is 5.39 Å². The number of aryl methyl sites for hydroxylation is 2. The zero-order valence-electron chi connectivity index (χ0n) is 18.7. The van der Waals surface area contributed by atoms with E-state index in [1.54, 1.807) is 28.4 Å². The van der Waals surface area contributed by atoms with Crippen molar-refractivity contribution in [2.45, 2.75) is 20.3 Å². The number of fused-ring (bicyclic) bond motifs is 1. The van der Waals surface area contributed by atoms with Crippen LogP contribution in [0, 0.1) is 19.7 Å². The average molecular weight is 461 g/mol. The van der Waals surface area contributed by atoms with Gasteiger partial charge in [0.15, 0.2) is 0 Å². The van der Waals surface area contributed by atoms with Crippen LogP contribution in [0.3, 0.4) is 0 Å². The number of hydrogen-bond donors (Lipinski definition) is 0. The molecule has 1 aliphatic rings. The van der Waals surface area contributed by atoms with Gasteiger partial charge in [0.1, 0.15) is 22.3 Å². The lowest BCUT2D eigenvalue weighted by Crippen LogP contribution is -2.49. The average Bonchev–Trinajstić information content (AvgIpc) is 3.12. The number of thiophene rings is 1. The van der Waals surface area contributed by atoms with Crippen LogP contribution in [0.25, 0.3) is 10.2 Å². The molecule has 1 saturated heterocycles. The number of hydrogen-bond acceptors (Lipinski definition) is 5. The lowest BCUT2D eigenvalue weighted by atomic mass is 10.1. The summed E-state index contributed by atoms with van der Waals surface area (Å²) in [7, 11) is 0. The number of carbonyl (C=O) groups is 1. The van der Waals surface area contributed by atoms with E-state index in [4.69, 9.17) is 9.97 Å². The number of rotatable bonds is 4. The van der Waals surface area contributed by atoms with Crippen molar-refractivity contribution in [1.29, 1.82) is 0 Å². The van der Waals surface area contributed by atoms with E-state index in [9.17, 15) is 9.18 Å². The standard InChI is InChI=1S/C26H25FN4OS/c1-17-18(2)33-25-23(17)24(28-22(29-25)15-19-7-4-3-5-8-19)30-11-13-31(14-12-30)26(32)20-9-6-10-21(27)16-20/h3-10,16H,11-15H2,1-2H3. The number of carbonyl (C=O) groups excluding carboxylic acids is 1. The molecule has 33 heavy (non-hydrogen) atoms. The summed E-state index contributed by atoms with van der Waals surface area (Å²) < 4.78 is 13.6. The SMILES string of the molecule is Cc1sc2nc(Cc3ccccc3)nc(N3CCN(C(=O)c4cccc(F)c4)CC3)c2c1C. The van der Waals surface area contributed by atoms with Gasteiger partial charge in [-0.05, 0) is 43.2 Å². The molecule has 0 unspecified atom stereocenters. The van der Waals surface area contributed by atoms with Crippen LogP contribution < -0.4 is 4.90 Å². The Balaban J connectivity index is 1.41. The Hall–Kier alpha value is -3.32. The van der Waals surface area contributed by atoms with Crippen molar-refractivity contribution in [3.05, 3.63) is 87.8 Å². The van der Waals surface area contributed by atoms with E-state index in [1.807, 2.05) is 18.2 Å². The highest BCUT2D eigenvalue weighted by Crippen LogP contribution is 2.35. The normalized spacial score (nSPS) is 14.2. The molecule has 7 heteroatoms. The second-order valence-electron chi connectivity index (χ2n) is 8.38. The monoisotopic (exact) mass is 460 g/mol. The first-order valence-electron chi connectivity index (χ1n) is 11.1. The highest BCUT2D eigenvalue weighted by atomic mass is 32.1. The number of aromatic nitrogens is 2. The van der Waals surface area contributed by atoms with E-state index < -0.39 is 5.82 Å². The van der Waals surface area contributed by atoms with Gasteiger partial charge in [-0.15, -0.1) is 11.3 Å². The van der Waals surface area contributed by atoms with E-state index in [1.165, 1.54) is 28.1 Å². The minimum atomic E-state index is -0.392. The smallest absolute Gasteiger partial charge is 0.254 e. The van der Waals surface area contributed by atoms with Crippen molar-refractivity contribution in [1.82, 2.24) is 14.9 Å². The third-order valence-corrected chi connectivity index (χ3v) is 7.30. The zero-order valence-corrected chi connectivity index (χ0v) is 19.5. The molecule has 2 aromatic carbocycles. The molecular weight excluding hydrogens is 435 g/mol. The van der Waals surface area contributed by atoms with Crippen LogP contribution in [-0.2, 0) is 6.42 Å². The fourth-order valence-corrected chi connectivity index (χ4v) is 5.33. The highest BCUT2D eigenvalue weighted by Gasteiger charge is 2.26. The molecule has 0 N–H and O–H groups in total. The molecule has 1 amide bonds. The predicted octanol–water partition coefficient (Wildman–Crippen LogP) is 5.00. The van der Waals surface area contributed by atoms with Gasteiger partial charge in [-0.2, -0.15) is 0 Å². The maximum atomic E-state index is 13.6. The minimum absolute atomic E-state index is 0.130. The summed E-state index contributed by atoms with van der Waals surface area (Å²) in [5.74, 6) is 1.24. The summed E-state index contributed by atoms with van der Waals surface area (Å²) in [6, 6.07) is 16.2. The van der Waals surface area contributed by atoms with Crippen molar-refractivity contribution >= 4 is 33.3 Å². The first-order valence-corrected chi connectivity index (χ1v) is 11.9. The van der Waals surface area contributed by atoms with Gasteiger partial charge in [-0.25, -0.2) is 14.4 Å². The molecule has 0 aliphatic carbocycles. The first kappa shape index (κ1) is 21.5. The molecule has 0 spiro atoms. The summed E-state index contributed by atoms with van der Waals surface area (Å²) in [6.07, 6.45) is 0.678. The van der Waals surface area contributed by atoms with Crippen LogP contribution in [0.2, 0.25) is 0 Å². The Morgan fingerprint density at radius 2 is 1.76 bits per heavy atom. The van der Waals surface area contributed by atoms with Crippen molar-refractivity contribution in [2.24, 2.45) is 0 Å². The molecule has 5 rings (SSSR count). The molecule has 4 aromatic rings. The second-order valence-corrected chi connectivity index (χ2v) is 9.58. The molecule has 0 radical (unpaired) electrons. The van der Waals surface area contributed by atoms with Crippen molar-refractivity contribution < 1.29 is 9.18 Å². The number of benzene rings is 2. The predicted molar refractivity (Wildman–Crippen MR) is 131 cm³/mol. The van der Waals surface area contributed by atoms with Crippen molar-refractivity contribution in [2.75, 3.05) is 31.1 Å². The lowest BCUT2D eigenvalue weighted by Gasteiger charge is -2.36. The Bertz CT molecular complexity index is 1310. The van der Waals surface area contributed by atoms with Gasteiger partial charge < -0.3 is 9.80 Å². The highest BCUT2D eigenvalue weighted by molar-refractivity contribution is 7.18. The van der Waals surface area contributed by atoms with Crippen molar-refractivity contribution in [3.8, 4) is 0 Å². The van der Waals surface area contributed by atoms with Crippen LogP contribution in [-0.4, -0.2) is 47.0 Å². The summed E-state index contributed by atoms with van der Waals surface area (Å²) in [6.45, 7) is 6.73. The number of amides is 1. The van der Waals surface area contributed by atoms with E-state index >= 15 is 0 Å². The van der Waals surface area contributed by atoms with Crippen LogP contribution >= 0.6 is 11.3 Å². The lowest BCUT2D eigenvalue weighted by molar-refractivity contribution is 0.0746. The molecule has 0 atom stereocenters. The molecule has 5 nitrogen and oxygen atoms in total. The molecule has 168 valence electrons. The Morgan fingerprint density at radius 3 is 2.48 bits per heavy atom. The van der Waals surface area contributed by atoms with E-state index in [0.717, 1.165) is 21.9 Å². The molecule has 1 aliphatic heterocycles. The number of halogens is 1. The van der Waals surface area contributed by atoms with Crippen molar-refractivity contribution in [3.63, 3.8) is 0 Å². The minimum Gasteiger partial charge on any atom is -0.352 e. The Labute approximate surface area is 196 Å². The van der Waals surface area contributed by atoms with Crippen LogP contribution in [0.4, 0.5) is 10.2 Å².